The fraction of sp³-hybridized carbons (Fsp3) is 0.647. The molecule has 1 aromatic heterocycles. The standard InChI is InChI=1S/C17H26N2O3/c1-17(2,3)7-6-14(16(20)21)18-10-12-9-13-5-4-8-22-15(13)19-11-12/h9,11,14,18H,4-8,10H2,1-3H3,(H,20,21). The van der Waals surface area contributed by atoms with Crippen molar-refractivity contribution in [2.45, 2.75) is 59.0 Å². The van der Waals surface area contributed by atoms with E-state index in [0.717, 1.165) is 42.9 Å². The molecule has 0 aliphatic carbocycles. The van der Waals surface area contributed by atoms with Gasteiger partial charge in [-0.3, -0.25) is 4.79 Å². The van der Waals surface area contributed by atoms with Crippen LogP contribution in [0.5, 0.6) is 5.88 Å². The van der Waals surface area contributed by atoms with Crippen LogP contribution in [0.25, 0.3) is 0 Å². The van der Waals surface area contributed by atoms with E-state index in [1.807, 2.05) is 0 Å². The molecule has 0 amide bonds. The summed E-state index contributed by atoms with van der Waals surface area (Å²) in [4.78, 5) is 15.7. The molecular formula is C17H26N2O3. The van der Waals surface area contributed by atoms with Gasteiger partial charge in [0.1, 0.15) is 6.04 Å². The van der Waals surface area contributed by atoms with Gasteiger partial charge >= 0.3 is 5.97 Å². The van der Waals surface area contributed by atoms with Crippen molar-refractivity contribution in [3.63, 3.8) is 0 Å². The van der Waals surface area contributed by atoms with Crippen LogP contribution in [0.3, 0.4) is 0 Å². The molecule has 1 unspecified atom stereocenters. The molecule has 5 heteroatoms. The van der Waals surface area contributed by atoms with Gasteiger partial charge in [-0.05, 0) is 42.7 Å². The smallest absolute Gasteiger partial charge is 0.320 e. The number of aliphatic carboxylic acids is 1. The first-order chi connectivity index (χ1) is 10.3. The van der Waals surface area contributed by atoms with Gasteiger partial charge in [-0.1, -0.05) is 20.8 Å². The number of pyridine rings is 1. The van der Waals surface area contributed by atoms with Crippen molar-refractivity contribution < 1.29 is 14.6 Å². The third-order valence-corrected chi connectivity index (χ3v) is 3.84. The largest absolute Gasteiger partial charge is 0.480 e. The number of ether oxygens (including phenoxy) is 1. The number of aryl methyl sites for hydroxylation is 1. The van der Waals surface area contributed by atoms with Gasteiger partial charge < -0.3 is 15.2 Å². The summed E-state index contributed by atoms with van der Waals surface area (Å²) < 4.78 is 5.49. The highest BCUT2D eigenvalue weighted by Crippen LogP contribution is 2.23. The summed E-state index contributed by atoms with van der Waals surface area (Å²) in [5, 5.41) is 12.5. The van der Waals surface area contributed by atoms with E-state index in [-0.39, 0.29) is 5.41 Å². The Labute approximate surface area is 132 Å². The second kappa shape index (κ2) is 7.09. The molecule has 1 atom stereocenters. The predicted molar refractivity (Wildman–Crippen MR) is 85.0 cm³/mol. The number of aromatic nitrogens is 1. The third kappa shape index (κ3) is 4.98. The van der Waals surface area contributed by atoms with Gasteiger partial charge in [0.25, 0.3) is 0 Å². The summed E-state index contributed by atoms with van der Waals surface area (Å²) in [6, 6.07) is 1.54. The lowest BCUT2D eigenvalue weighted by atomic mass is 9.88. The Bertz CT molecular complexity index is 523. The fourth-order valence-electron chi connectivity index (χ4n) is 2.52. The van der Waals surface area contributed by atoms with E-state index in [2.05, 4.69) is 37.1 Å². The SMILES string of the molecule is CC(C)(C)CCC(NCc1cnc2c(c1)CCCO2)C(=O)O. The molecule has 0 saturated heterocycles. The van der Waals surface area contributed by atoms with Crippen LogP contribution in [-0.2, 0) is 17.8 Å². The van der Waals surface area contributed by atoms with Crippen LogP contribution in [0.1, 0.15) is 51.2 Å². The lowest BCUT2D eigenvalue weighted by Crippen LogP contribution is -2.37. The number of fused-ring (bicyclic) bond motifs is 1. The topological polar surface area (TPSA) is 71.5 Å². The maximum Gasteiger partial charge on any atom is 0.320 e. The van der Waals surface area contributed by atoms with Crippen LogP contribution in [0.4, 0.5) is 0 Å². The Morgan fingerprint density at radius 3 is 2.95 bits per heavy atom. The van der Waals surface area contributed by atoms with Gasteiger partial charge in [0, 0.05) is 18.3 Å². The molecule has 2 heterocycles. The van der Waals surface area contributed by atoms with E-state index in [1.165, 1.54) is 0 Å². The summed E-state index contributed by atoms with van der Waals surface area (Å²) in [5.74, 6) is -0.0731. The Balaban J connectivity index is 1.93. The van der Waals surface area contributed by atoms with Gasteiger partial charge in [0.05, 0.1) is 6.61 Å². The average Bonchev–Trinajstić information content (AvgIpc) is 2.45. The first-order valence-electron chi connectivity index (χ1n) is 7.92. The monoisotopic (exact) mass is 306 g/mol. The van der Waals surface area contributed by atoms with E-state index in [4.69, 9.17) is 4.74 Å². The number of nitrogens with one attached hydrogen (secondary N) is 1. The highest BCUT2D eigenvalue weighted by Gasteiger charge is 2.21. The molecule has 2 N–H and O–H groups in total. The van der Waals surface area contributed by atoms with Gasteiger partial charge in [-0.15, -0.1) is 0 Å². The van der Waals surface area contributed by atoms with E-state index in [1.54, 1.807) is 6.20 Å². The van der Waals surface area contributed by atoms with Crippen LogP contribution in [0.2, 0.25) is 0 Å². The van der Waals surface area contributed by atoms with E-state index in [9.17, 15) is 9.90 Å². The molecule has 5 nitrogen and oxygen atoms in total. The van der Waals surface area contributed by atoms with Crippen LogP contribution in [-0.4, -0.2) is 28.7 Å². The van der Waals surface area contributed by atoms with Crippen LogP contribution >= 0.6 is 0 Å². The number of carbonyl (C=O) groups is 1. The van der Waals surface area contributed by atoms with Gasteiger partial charge in [-0.2, -0.15) is 0 Å². The minimum absolute atomic E-state index is 0.139. The van der Waals surface area contributed by atoms with Crippen molar-refractivity contribution in [1.29, 1.82) is 0 Å². The first-order valence-corrected chi connectivity index (χ1v) is 7.92. The second-order valence-corrected chi connectivity index (χ2v) is 7.13. The lowest BCUT2D eigenvalue weighted by Gasteiger charge is -2.22. The number of hydrogen-bond donors (Lipinski definition) is 2. The highest BCUT2D eigenvalue weighted by molar-refractivity contribution is 5.73. The van der Waals surface area contributed by atoms with E-state index in [0.29, 0.717) is 13.0 Å². The third-order valence-electron chi connectivity index (χ3n) is 3.84. The summed E-state index contributed by atoms with van der Waals surface area (Å²) >= 11 is 0. The molecule has 0 fully saturated rings. The molecule has 0 spiro atoms. The number of carboxylic acids is 1. The fourth-order valence-corrected chi connectivity index (χ4v) is 2.52. The molecular weight excluding hydrogens is 280 g/mol. The summed E-state index contributed by atoms with van der Waals surface area (Å²) in [7, 11) is 0. The van der Waals surface area contributed by atoms with Crippen molar-refractivity contribution in [2.75, 3.05) is 6.61 Å². The summed E-state index contributed by atoms with van der Waals surface area (Å²) in [5.41, 5.74) is 2.26. The molecule has 0 radical (unpaired) electrons. The van der Waals surface area contributed by atoms with Gasteiger partial charge in [0.2, 0.25) is 5.88 Å². The summed E-state index contributed by atoms with van der Waals surface area (Å²) in [6.07, 6.45) is 5.24. The molecule has 0 aromatic carbocycles. The minimum Gasteiger partial charge on any atom is -0.480 e. The second-order valence-electron chi connectivity index (χ2n) is 7.13. The Morgan fingerprint density at radius 1 is 1.50 bits per heavy atom. The molecule has 1 aromatic rings. The molecule has 0 bridgehead atoms. The van der Waals surface area contributed by atoms with E-state index >= 15 is 0 Å². The van der Waals surface area contributed by atoms with Crippen molar-refractivity contribution >= 4 is 5.97 Å². The lowest BCUT2D eigenvalue weighted by molar-refractivity contribution is -0.139. The zero-order chi connectivity index (χ0) is 16.2. The van der Waals surface area contributed by atoms with E-state index < -0.39 is 12.0 Å². The van der Waals surface area contributed by atoms with Gasteiger partial charge in [-0.25, -0.2) is 4.98 Å². The Morgan fingerprint density at radius 2 is 2.27 bits per heavy atom. The Hall–Kier alpha value is -1.62. The number of rotatable bonds is 6. The minimum atomic E-state index is -0.793. The Kier molecular flexibility index (Phi) is 5.40. The quantitative estimate of drug-likeness (QED) is 0.845. The molecule has 122 valence electrons. The van der Waals surface area contributed by atoms with Crippen molar-refractivity contribution in [1.82, 2.24) is 10.3 Å². The maximum atomic E-state index is 11.4. The predicted octanol–water partition coefficient (Wildman–Crippen LogP) is 2.78. The molecule has 2 rings (SSSR count). The summed E-state index contributed by atoms with van der Waals surface area (Å²) in [6.45, 7) is 7.62. The van der Waals surface area contributed by atoms with Gasteiger partial charge in [0.15, 0.2) is 0 Å². The molecule has 22 heavy (non-hydrogen) atoms. The molecule has 0 saturated carbocycles. The molecule has 1 aliphatic heterocycles. The first kappa shape index (κ1) is 16.7. The zero-order valence-corrected chi connectivity index (χ0v) is 13.7. The number of nitrogens with zero attached hydrogens (tertiary/aromatic N) is 1. The zero-order valence-electron chi connectivity index (χ0n) is 13.7. The molecule has 1 aliphatic rings. The van der Waals surface area contributed by atoms with Crippen molar-refractivity contribution in [3.05, 3.63) is 23.4 Å². The average molecular weight is 306 g/mol. The normalized spacial score (nSPS) is 15.8. The van der Waals surface area contributed by atoms with Crippen LogP contribution in [0, 0.1) is 5.41 Å². The van der Waals surface area contributed by atoms with Crippen LogP contribution in [0.15, 0.2) is 12.3 Å². The number of carboxylic acid groups (broad SMARTS) is 1. The van der Waals surface area contributed by atoms with Crippen molar-refractivity contribution in [2.24, 2.45) is 5.41 Å². The highest BCUT2D eigenvalue weighted by atomic mass is 16.5. The number of hydrogen-bond acceptors (Lipinski definition) is 4. The van der Waals surface area contributed by atoms with Crippen molar-refractivity contribution in [3.8, 4) is 5.88 Å². The van der Waals surface area contributed by atoms with Crippen LogP contribution < -0.4 is 10.1 Å². The maximum absolute atomic E-state index is 11.4.